The normalized spacial score (nSPS) is 14.1. The molecule has 0 saturated heterocycles. The summed E-state index contributed by atoms with van der Waals surface area (Å²) in [5.74, 6) is 3.93. The zero-order valence-corrected chi connectivity index (χ0v) is 12.7. The third kappa shape index (κ3) is 2.99. The minimum absolute atomic E-state index is 0.807. The molecule has 0 aliphatic carbocycles. The van der Waals surface area contributed by atoms with Crippen LogP contribution in [0.3, 0.4) is 0 Å². The molecule has 1 aliphatic heterocycles. The minimum atomic E-state index is 0.807. The van der Waals surface area contributed by atoms with Gasteiger partial charge in [0.2, 0.25) is 0 Å². The van der Waals surface area contributed by atoms with Gasteiger partial charge < -0.3 is 14.8 Å². The standard InChI is InChI=1S/C15H22N6/c1-3-5-12-18-13(16-4-2)10-14(19-12)21-9-8-20-7-6-17-15(20)11-21/h6-7,10H,3-5,8-9,11H2,1-2H3,(H,16,18,19). The first-order valence-electron chi connectivity index (χ1n) is 7.67. The molecule has 2 aromatic rings. The fourth-order valence-electron chi connectivity index (χ4n) is 2.62. The van der Waals surface area contributed by atoms with Crippen molar-refractivity contribution in [3.8, 4) is 0 Å². The van der Waals surface area contributed by atoms with Gasteiger partial charge in [0, 0.05) is 44.5 Å². The summed E-state index contributed by atoms with van der Waals surface area (Å²) >= 11 is 0. The summed E-state index contributed by atoms with van der Waals surface area (Å²) in [7, 11) is 0. The molecule has 112 valence electrons. The summed E-state index contributed by atoms with van der Waals surface area (Å²) < 4.78 is 2.20. The number of imidazole rings is 1. The molecule has 0 aromatic carbocycles. The maximum absolute atomic E-state index is 4.72. The number of anilines is 2. The van der Waals surface area contributed by atoms with Gasteiger partial charge in [-0.2, -0.15) is 0 Å². The van der Waals surface area contributed by atoms with Crippen molar-refractivity contribution < 1.29 is 0 Å². The molecule has 0 atom stereocenters. The van der Waals surface area contributed by atoms with Crippen LogP contribution in [-0.2, 0) is 19.5 Å². The summed E-state index contributed by atoms with van der Waals surface area (Å²) in [4.78, 5) is 16.0. The summed E-state index contributed by atoms with van der Waals surface area (Å²) in [6, 6.07) is 2.04. The van der Waals surface area contributed by atoms with Gasteiger partial charge in [-0.1, -0.05) is 6.92 Å². The van der Waals surface area contributed by atoms with Crippen LogP contribution in [0.15, 0.2) is 18.5 Å². The Hall–Kier alpha value is -2.11. The van der Waals surface area contributed by atoms with Gasteiger partial charge in [-0.25, -0.2) is 15.0 Å². The van der Waals surface area contributed by atoms with Crippen LogP contribution in [0, 0.1) is 0 Å². The van der Waals surface area contributed by atoms with Gasteiger partial charge >= 0.3 is 0 Å². The SMILES string of the molecule is CCCc1nc(NCC)cc(N2CCn3ccnc3C2)n1. The summed E-state index contributed by atoms with van der Waals surface area (Å²) in [6.45, 7) is 7.82. The number of aromatic nitrogens is 4. The first-order valence-corrected chi connectivity index (χ1v) is 7.67. The zero-order valence-electron chi connectivity index (χ0n) is 12.7. The molecule has 6 nitrogen and oxygen atoms in total. The zero-order chi connectivity index (χ0) is 14.7. The molecule has 0 radical (unpaired) electrons. The third-order valence-corrected chi connectivity index (χ3v) is 3.66. The Morgan fingerprint density at radius 2 is 2.14 bits per heavy atom. The number of hydrogen-bond donors (Lipinski definition) is 1. The predicted octanol–water partition coefficient (Wildman–Crippen LogP) is 2.08. The van der Waals surface area contributed by atoms with E-state index in [1.54, 1.807) is 0 Å². The lowest BCUT2D eigenvalue weighted by Crippen LogP contribution is -2.34. The van der Waals surface area contributed by atoms with Gasteiger partial charge in [-0.05, 0) is 13.3 Å². The Bertz CT molecular complexity index is 582. The minimum Gasteiger partial charge on any atom is -0.370 e. The van der Waals surface area contributed by atoms with E-state index in [-0.39, 0.29) is 0 Å². The molecular formula is C15H22N6. The van der Waals surface area contributed by atoms with E-state index in [2.05, 4.69) is 38.6 Å². The predicted molar refractivity (Wildman–Crippen MR) is 83.5 cm³/mol. The molecule has 0 fully saturated rings. The fraction of sp³-hybridized carbons (Fsp3) is 0.533. The lowest BCUT2D eigenvalue weighted by molar-refractivity contribution is 0.555. The number of rotatable bonds is 5. The Morgan fingerprint density at radius 1 is 1.24 bits per heavy atom. The second kappa shape index (κ2) is 6.11. The van der Waals surface area contributed by atoms with Gasteiger partial charge in [0.15, 0.2) is 0 Å². The molecule has 3 rings (SSSR count). The monoisotopic (exact) mass is 286 g/mol. The lowest BCUT2D eigenvalue weighted by Gasteiger charge is -2.29. The van der Waals surface area contributed by atoms with E-state index in [1.165, 1.54) is 0 Å². The lowest BCUT2D eigenvalue weighted by atomic mass is 10.3. The van der Waals surface area contributed by atoms with Crippen LogP contribution >= 0.6 is 0 Å². The molecule has 21 heavy (non-hydrogen) atoms. The molecule has 0 amide bonds. The highest BCUT2D eigenvalue weighted by Gasteiger charge is 2.19. The van der Waals surface area contributed by atoms with Gasteiger partial charge in [0.05, 0.1) is 6.54 Å². The molecule has 3 heterocycles. The Morgan fingerprint density at radius 3 is 2.95 bits per heavy atom. The van der Waals surface area contributed by atoms with E-state index in [0.717, 1.165) is 62.3 Å². The number of fused-ring (bicyclic) bond motifs is 1. The number of hydrogen-bond acceptors (Lipinski definition) is 5. The summed E-state index contributed by atoms with van der Waals surface area (Å²) in [6.07, 6.45) is 5.87. The fourth-order valence-corrected chi connectivity index (χ4v) is 2.62. The van der Waals surface area contributed by atoms with Crippen molar-refractivity contribution in [1.29, 1.82) is 0 Å². The smallest absolute Gasteiger partial charge is 0.134 e. The molecule has 2 aromatic heterocycles. The second-order valence-electron chi connectivity index (χ2n) is 5.27. The van der Waals surface area contributed by atoms with E-state index in [4.69, 9.17) is 4.98 Å². The number of nitrogens with zero attached hydrogens (tertiary/aromatic N) is 5. The maximum atomic E-state index is 4.72. The molecule has 1 N–H and O–H groups in total. The van der Waals surface area contributed by atoms with Gasteiger partial charge in [-0.15, -0.1) is 0 Å². The summed E-state index contributed by atoms with van der Waals surface area (Å²) in [5, 5.41) is 3.30. The Balaban J connectivity index is 1.87. The van der Waals surface area contributed by atoms with Crippen LogP contribution < -0.4 is 10.2 Å². The highest BCUT2D eigenvalue weighted by atomic mass is 15.3. The Labute approximate surface area is 125 Å². The van der Waals surface area contributed by atoms with E-state index >= 15 is 0 Å². The molecular weight excluding hydrogens is 264 g/mol. The second-order valence-corrected chi connectivity index (χ2v) is 5.27. The largest absolute Gasteiger partial charge is 0.370 e. The highest BCUT2D eigenvalue weighted by molar-refractivity contribution is 5.49. The van der Waals surface area contributed by atoms with Crippen molar-refractivity contribution >= 4 is 11.6 Å². The molecule has 0 saturated carbocycles. The van der Waals surface area contributed by atoms with Crippen molar-refractivity contribution in [3.63, 3.8) is 0 Å². The van der Waals surface area contributed by atoms with Gasteiger partial charge in [0.1, 0.15) is 23.3 Å². The van der Waals surface area contributed by atoms with Crippen molar-refractivity contribution in [2.75, 3.05) is 23.3 Å². The van der Waals surface area contributed by atoms with Crippen molar-refractivity contribution in [2.45, 2.75) is 39.8 Å². The molecule has 0 spiro atoms. The van der Waals surface area contributed by atoms with E-state index in [1.807, 2.05) is 18.5 Å². The first-order chi connectivity index (χ1) is 10.3. The topological polar surface area (TPSA) is 58.9 Å². The van der Waals surface area contributed by atoms with E-state index in [0.29, 0.717) is 0 Å². The average molecular weight is 286 g/mol. The van der Waals surface area contributed by atoms with Crippen LogP contribution in [0.1, 0.15) is 31.9 Å². The van der Waals surface area contributed by atoms with Gasteiger partial charge in [-0.3, -0.25) is 0 Å². The van der Waals surface area contributed by atoms with Crippen LogP contribution in [0.5, 0.6) is 0 Å². The molecule has 0 bridgehead atoms. The highest BCUT2D eigenvalue weighted by Crippen LogP contribution is 2.21. The first kappa shape index (κ1) is 13.9. The van der Waals surface area contributed by atoms with Crippen molar-refractivity contribution in [3.05, 3.63) is 30.1 Å². The van der Waals surface area contributed by atoms with E-state index < -0.39 is 0 Å². The summed E-state index contributed by atoms with van der Waals surface area (Å²) in [5.41, 5.74) is 0. The van der Waals surface area contributed by atoms with Crippen LogP contribution in [0.2, 0.25) is 0 Å². The maximum Gasteiger partial charge on any atom is 0.134 e. The van der Waals surface area contributed by atoms with Crippen LogP contribution in [0.4, 0.5) is 11.6 Å². The van der Waals surface area contributed by atoms with Crippen LogP contribution in [-0.4, -0.2) is 32.6 Å². The van der Waals surface area contributed by atoms with Crippen molar-refractivity contribution in [1.82, 2.24) is 19.5 Å². The molecule has 0 unspecified atom stereocenters. The Kier molecular flexibility index (Phi) is 4.03. The van der Waals surface area contributed by atoms with E-state index in [9.17, 15) is 0 Å². The van der Waals surface area contributed by atoms with Gasteiger partial charge in [0.25, 0.3) is 0 Å². The van der Waals surface area contributed by atoms with Crippen LogP contribution in [0.25, 0.3) is 0 Å². The number of aryl methyl sites for hydroxylation is 1. The van der Waals surface area contributed by atoms with Crippen molar-refractivity contribution in [2.24, 2.45) is 0 Å². The third-order valence-electron chi connectivity index (χ3n) is 3.66. The molecule has 1 aliphatic rings. The molecule has 6 heteroatoms. The average Bonchev–Trinajstić information content (AvgIpc) is 2.95. The quantitative estimate of drug-likeness (QED) is 0.912. The number of nitrogens with one attached hydrogen (secondary N) is 1.